The predicted molar refractivity (Wildman–Crippen MR) is 80.1 cm³/mol. The number of Topliss-reactive ketones (excluding diaryl/α,β-unsaturated/α-hetero) is 1. The number of rotatable bonds is 3. The first-order chi connectivity index (χ1) is 9.56. The lowest BCUT2D eigenvalue weighted by atomic mass is 10.3. The van der Waals surface area contributed by atoms with Crippen molar-refractivity contribution < 1.29 is 4.79 Å². The minimum Gasteiger partial charge on any atom is -0.298 e. The first-order valence-corrected chi connectivity index (χ1v) is 7.56. The quantitative estimate of drug-likeness (QED) is 0.752. The van der Waals surface area contributed by atoms with Gasteiger partial charge in [0.2, 0.25) is 0 Å². The Morgan fingerprint density at radius 1 is 1.40 bits per heavy atom. The van der Waals surface area contributed by atoms with Gasteiger partial charge in [0.1, 0.15) is 4.83 Å². The van der Waals surface area contributed by atoms with Crippen LogP contribution in [-0.4, -0.2) is 15.3 Å². The van der Waals surface area contributed by atoms with E-state index in [1.807, 2.05) is 6.92 Å². The smallest absolute Gasteiger partial charge is 0.298 e. The van der Waals surface area contributed by atoms with Gasteiger partial charge in [0.25, 0.3) is 5.56 Å². The Kier molecular flexibility index (Phi) is 3.15. The van der Waals surface area contributed by atoms with Crippen molar-refractivity contribution in [2.24, 2.45) is 0 Å². The van der Waals surface area contributed by atoms with E-state index in [2.05, 4.69) is 4.98 Å². The fourth-order valence-corrected chi connectivity index (χ4v) is 3.52. The molecule has 0 saturated carbocycles. The standard InChI is InChI=1S/C13H10N2O3S2/c1-7-5-8-11(20-7)14-13(18)15(12(8)17)6-9(16)10-3-2-4-19-10/h2-5H,6H2,1H3,(H,14,18). The van der Waals surface area contributed by atoms with Crippen molar-refractivity contribution in [2.45, 2.75) is 13.5 Å². The zero-order valence-corrected chi connectivity index (χ0v) is 12.1. The summed E-state index contributed by atoms with van der Waals surface area (Å²) in [6, 6.07) is 5.17. The average molecular weight is 306 g/mol. The van der Waals surface area contributed by atoms with Crippen LogP contribution >= 0.6 is 22.7 Å². The molecule has 0 radical (unpaired) electrons. The summed E-state index contributed by atoms with van der Waals surface area (Å²) in [6.45, 7) is 1.63. The summed E-state index contributed by atoms with van der Waals surface area (Å²) in [6.07, 6.45) is 0. The van der Waals surface area contributed by atoms with E-state index in [0.717, 1.165) is 9.44 Å². The number of nitrogens with one attached hydrogen (secondary N) is 1. The SMILES string of the molecule is Cc1cc2c(=O)n(CC(=O)c3cccs3)c(=O)[nH]c2s1. The van der Waals surface area contributed by atoms with Gasteiger partial charge < -0.3 is 0 Å². The van der Waals surface area contributed by atoms with Gasteiger partial charge in [-0.25, -0.2) is 4.79 Å². The van der Waals surface area contributed by atoms with Crippen molar-refractivity contribution >= 4 is 38.7 Å². The maximum Gasteiger partial charge on any atom is 0.329 e. The number of hydrogen-bond donors (Lipinski definition) is 1. The maximum absolute atomic E-state index is 12.3. The van der Waals surface area contributed by atoms with Gasteiger partial charge >= 0.3 is 5.69 Å². The third kappa shape index (κ3) is 2.14. The van der Waals surface area contributed by atoms with E-state index in [1.165, 1.54) is 22.7 Å². The van der Waals surface area contributed by atoms with Crippen LogP contribution in [0.2, 0.25) is 0 Å². The van der Waals surface area contributed by atoms with E-state index in [-0.39, 0.29) is 12.3 Å². The lowest BCUT2D eigenvalue weighted by Crippen LogP contribution is -2.36. The van der Waals surface area contributed by atoms with Gasteiger partial charge in [-0.05, 0) is 24.4 Å². The van der Waals surface area contributed by atoms with Crippen LogP contribution in [0.1, 0.15) is 14.5 Å². The number of carbonyl (C=O) groups excluding carboxylic acids is 1. The molecule has 0 aliphatic rings. The number of carbonyl (C=O) groups is 1. The molecule has 0 atom stereocenters. The molecule has 0 aliphatic heterocycles. The molecular formula is C13H10N2O3S2. The average Bonchev–Trinajstić information content (AvgIpc) is 3.03. The van der Waals surface area contributed by atoms with E-state index in [4.69, 9.17) is 0 Å². The lowest BCUT2D eigenvalue weighted by Gasteiger charge is -2.02. The number of nitrogens with zero attached hydrogens (tertiary/aromatic N) is 1. The van der Waals surface area contributed by atoms with Crippen LogP contribution in [0, 0.1) is 6.92 Å². The van der Waals surface area contributed by atoms with Crippen molar-refractivity contribution in [1.29, 1.82) is 0 Å². The molecule has 3 aromatic rings. The third-order valence-electron chi connectivity index (χ3n) is 2.89. The molecule has 0 fully saturated rings. The largest absolute Gasteiger partial charge is 0.329 e. The summed E-state index contributed by atoms with van der Waals surface area (Å²) in [5.41, 5.74) is -0.965. The van der Waals surface area contributed by atoms with Crippen molar-refractivity contribution in [3.8, 4) is 0 Å². The van der Waals surface area contributed by atoms with E-state index < -0.39 is 11.2 Å². The van der Waals surface area contributed by atoms with E-state index in [1.54, 1.807) is 23.6 Å². The molecule has 0 aromatic carbocycles. The number of aryl methyl sites for hydroxylation is 1. The maximum atomic E-state index is 12.3. The molecule has 7 heteroatoms. The third-order valence-corrected chi connectivity index (χ3v) is 4.77. The molecule has 3 heterocycles. The highest BCUT2D eigenvalue weighted by atomic mass is 32.1. The Balaban J connectivity index is 2.10. The number of aromatic nitrogens is 2. The number of hydrogen-bond acceptors (Lipinski definition) is 5. The topological polar surface area (TPSA) is 71.9 Å². The fraction of sp³-hybridized carbons (Fsp3) is 0.154. The summed E-state index contributed by atoms with van der Waals surface area (Å²) >= 11 is 2.65. The molecule has 1 N–H and O–H groups in total. The van der Waals surface area contributed by atoms with Crippen LogP contribution in [0.25, 0.3) is 10.2 Å². The van der Waals surface area contributed by atoms with Crippen LogP contribution in [0.15, 0.2) is 33.2 Å². The summed E-state index contributed by atoms with van der Waals surface area (Å²) in [5.74, 6) is -0.237. The highest BCUT2D eigenvalue weighted by Gasteiger charge is 2.14. The second kappa shape index (κ2) is 4.84. The number of fused-ring (bicyclic) bond motifs is 1. The molecule has 0 amide bonds. The molecule has 0 bridgehead atoms. The molecule has 3 rings (SSSR count). The minimum absolute atomic E-state index is 0.237. The van der Waals surface area contributed by atoms with Gasteiger partial charge in [-0.2, -0.15) is 0 Å². The van der Waals surface area contributed by atoms with Crippen molar-refractivity contribution in [2.75, 3.05) is 0 Å². The zero-order valence-electron chi connectivity index (χ0n) is 10.5. The van der Waals surface area contributed by atoms with E-state index >= 15 is 0 Å². The monoisotopic (exact) mass is 306 g/mol. The number of aromatic amines is 1. The van der Waals surface area contributed by atoms with Gasteiger partial charge in [0, 0.05) is 4.88 Å². The Morgan fingerprint density at radius 2 is 2.20 bits per heavy atom. The molecule has 0 aliphatic carbocycles. The minimum atomic E-state index is -0.547. The highest BCUT2D eigenvalue weighted by Crippen LogP contribution is 2.18. The first-order valence-electron chi connectivity index (χ1n) is 5.86. The summed E-state index contributed by atoms with van der Waals surface area (Å²) in [7, 11) is 0. The lowest BCUT2D eigenvalue weighted by molar-refractivity contribution is 0.0973. The van der Waals surface area contributed by atoms with Gasteiger partial charge in [0.15, 0.2) is 5.78 Å². The Morgan fingerprint density at radius 3 is 2.90 bits per heavy atom. The Hall–Kier alpha value is -1.99. The molecule has 0 saturated heterocycles. The van der Waals surface area contributed by atoms with Crippen LogP contribution in [-0.2, 0) is 6.54 Å². The molecule has 3 aromatic heterocycles. The normalized spacial score (nSPS) is 11.1. The van der Waals surface area contributed by atoms with Gasteiger partial charge in [-0.3, -0.25) is 19.1 Å². The zero-order chi connectivity index (χ0) is 14.3. The first kappa shape index (κ1) is 13.0. The van der Waals surface area contributed by atoms with Gasteiger partial charge in [-0.15, -0.1) is 22.7 Å². The van der Waals surface area contributed by atoms with E-state index in [9.17, 15) is 14.4 Å². The van der Waals surface area contributed by atoms with Crippen LogP contribution < -0.4 is 11.2 Å². The number of thiophene rings is 2. The second-order valence-corrected chi connectivity index (χ2v) is 6.53. The summed E-state index contributed by atoms with van der Waals surface area (Å²) in [4.78, 5) is 40.9. The highest BCUT2D eigenvalue weighted by molar-refractivity contribution is 7.18. The predicted octanol–water partition coefficient (Wildman–Crippen LogP) is 2.00. The van der Waals surface area contributed by atoms with Crippen molar-refractivity contribution in [3.63, 3.8) is 0 Å². The summed E-state index contributed by atoms with van der Waals surface area (Å²) in [5, 5.41) is 2.23. The van der Waals surface area contributed by atoms with Crippen LogP contribution in [0.5, 0.6) is 0 Å². The fourth-order valence-electron chi connectivity index (χ4n) is 1.97. The van der Waals surface area contributed by atoms with Crippen molar-refractivity contribution in [3.05, 3.63) is 54.2 Å². The van der Waals surface area contributed by atoms with Gasteiger partial charge in [0.05, 0.1) is 16.8 Å². The number of H-pyrrole nitrogens is 1. The van der Waals surface area contributed by atoms with Crippen molar-refractivity contribution in [1.82, 2.24) is 9.55 Å². The molecule has 102 valence electrons. The Bertz CT molecular complexity index is 900. The molecular weight excluding hydrogens is 296 g/mol. The number of ketones is 1. The second-order valence-electron chi connectivity index (χ2n) is 4.32. The molecule has 0 spiro atoms. The molecule has 0 unspecified atom stereocenters. The molecule has 5 nitrogen and oxygen atoms in total. The van der Waals surface area contributed by atoms with Crippen LogP contribution in [0.4, 0.5) is 0 Å². The summed E-state index contributed by atoms with van der Waals surface area (Å²) < 4.78 is 0.955. The van der Waals surface area contributed by atoms with E-state index in [0.29, 0.717) is 15.1 Å². The van der Waals surface area contributed by atoms with Crippen LogP contribution in [0.3, 0.4) is 0 Å². The van der Waals surface area contributed by atoms with Gasteiger partial charge in [-0.1, -0.05) is 6.07 Å². The Labute approximate surface area is 121 Å². The molecule has 20 heavy (non-hydrogen) atoms.